The molecular weight excluding hydrogens is 366 g/mol. The third kappa shape index (κ3) is 3.02. The van der Waals surface area contributed by atoms with Gasteiger partial charge in [-0.2, -0.15) is 0 Å². The van der Waals surface area contributed by atoms with Gasteiger partial charge >= 0.3 is 0 Å². The Bertz CT molecular complexity index is 1120. The Morgan fingerprint density at radius 1 is 1.00 bits per heavy atom. The average molecular weight is 389 g/mol. The first kappa shape index (κ1) is 19.0. The molecular formula is C23H23N3O3. The van der Waals surface area contributed by atoms with Crippen LogP contribution in [0.3, 0.4) is 0 Å². The van der Waals surface area contributed by atoms with Crippen molar-refractivity contribution in [3.8, 4) is 5.75 Å². The summed E-state index contributed by atoms with van der Waals surface area (Å²) in [6.45, 7) is 0.674. The van der Waals surface area contributed by atoms with Crippen LogP contribution in [0.5, 0.6) is 5.75 Å². The van der Waals surface area contributed by atoms with Gasteiger partial charge in [0.25, 0.3) is 11.8 Å². The van der Waals surface area contributed by atoms with E-state index in [1.54, 1.807) is 37.4 Å². The number of methoxy groups -OCH3 is 1. The van der Waals surface area contributed by atoms with Crippen LogP contribution >= 0.6 is 0 Å². The zero-order valence-electron chi connectivity index (χ0n) is 16.9. The van der Waals surface area contributed by atoms with E-state index in [9.17, 15) is 9.59 Å². The van der Waals surface area contributed by atoms with Gasteiger partial charge in [0.05, 0.1) is 12.8 Å². The van der Waals surface area contributed by atoms with Gasteiger partial charge in [-0.05, 0) is 56.1 Å². The number of carbonyl (C=O) groups excluding carboxylic acids is 2. The van der Waals surface area contributed by atoms with E-state index in [0.29, 0.717) is 34.5 Å². The fourth-order valence-corrected chi connectivity index (χ4v) is 3.95. The van der Waals surface area contributed by atoms with Crippen LogP contribution in [0, 0.1) is 0 Å². The molecule has 0 unspecified atom stereocenters. The van der Waals surface area contributed by atoms with Crippen molar-refractivity contribution >= 4 is 34.0 Å². The van der Waals surface area contributed by atoms with Gasteiger partial charge < -0.3 is 15.0 Å². The zero-order chi connectivity index (χ0) is 20.7. The molecule has 6 nitrogen and oxygen atoms in total. The lowest BCUT2D eigenvalue weighted by Gasteiger charge is -2.29. The first-order valence-electron chi connectivity index (χ1n) is 9.40. The van der Waals surface area contributed by atoms with E-state index < -0.39 is 0 Å². The molecule has 2 amide bonds. The summed E-state index contributed by atoms with van der Waals surface area (Å²) in [6, 6.07) is 14.4. The van der Waals surface area contributed by atoms with Crippen LogP contribution in [-0.4, -0.2) is 45.0 Å². The van der Waals surface area contributed by atoms with E-state index in [1.807, 2.05) is 39.3 Å². The second-order valence-electron chi connectivity index (χ2n) is 7.32. The van der Waals surface area contributed by atoms with Crippen molar-refractivity contribution in [1.29, 1.82) is 0 Å². The van der Waals surface area contributed by atoms with Gasteiger partial charge in [0.2, 0.25) is 0 Å². The standard InChI is InChI=1S/C23H23N3O3/c1-24-21-14(13-25(2)3)12-19-20-17(21)6-5-7-18(20)22(27)26(23(19)28)15-8-10-16(29-4)11-9-15/h5-12,24H,13H2,1-4H3. The largest absolute Gasteiger partial charge is 0.497 e. The highest BCUT2D eigenvalue weighted by molar-refractivity contribution is 6.36. The molecule has 148 valence electrons. The number of nitrogens with one attached hydrogen (secondary N) is 1. The Morgan fingerprint density at radius 3 is 2.31 bits per heavy atom. The van der Waals surface area contributed by atoms with E-state index >= 15 is 0 Å². The second kappa shape index (κ2) is 7.22. The summed E-state index contributed by atoms with van der Waals surface area (Å²) in [5.41, 5.74) is 3.55. The summed E-state index contributed by atoms with van der Waals surface area (Å²) in [5, 5.41) is 4.85. The number of rotatable bonds is 5. The molecule has 0 bridgehead atoms. The van der Waals surface area contributed by atoms with Gasteiger partial charge in [-0.3, -0.25) is 9.59 Å². The Morgan fingerprint density at radius 2 is 1.69 bits per heavy atom. The van der Waals surface area contributed by atoms with Gasteiger partial charge in [0.15, 0.2) is 0 Å². The topological polar surface area (TPSA) is 61.9 Å². The van der Waals surface area contributed by atoms with E-state index in [0.717, 1.165) is 16.6 Å². The maximum atomic E-state index is 13.4. The number of hydrogen-bond donors (Lipinski definition) is 1. The first-order chi connectivity index (χ1) is 14.0. The number of anilines is 2. The minimum Gasteiger partial charge on any atom is -0.497 e. The van der Waals surface area contributed by atoms with E-state index in [1.165, 1.54) is 4.90 Å². The van der Waals surface area contributed by atoms with Crippen molar-refractivity contribution in [2.45, 2.75) is 6.54 Å². The molecule has 0 saturated carbocycles. The van der Waals surface area contributed by atoms with Gasteiger partial charge in [-0.1, -0.05) is 12.1 Å². The van der Waals surface area contributed by atoms with Gasteiger partial charge in [0, 0.05) is 41.2 Å². The number of amides is 2. The molecule has 0 fully saturated rings. The predicted octanol–water partition coefficient (Wildman–Crippen LogP) is 3.75. The Kier molecular flexibility index (Phi) is 4.72. The van der Waals surface area contributed by atoms with E-state index in [-0.39, 0.29) is 11.8 Å². The molecule has 0 radical (unpaired) electrons. The van der Waals surface area contributed by atoms with Crippen molar-refractivity contribution in [3.05, 3.63) is 65.2 Å². The molecule has 29 heavy (non-hydrogen) atoms. The van der Waals surface area contributed by atoms with Gasteiger partial charge in [-0.15, -0.1) is 0 Å². The molecule has 1 heterocycles. The molecule has 3 aromatic carbocycles. The predicted molar refractivity (Wildman–Crippen MR) is 115 cm³/mol. The second-order valence-corrected chi connectivity index (χ2v) is 7.32. The normalized spacial score (nSPS) is 13.3. The monoisotopic (exact) mass is 389 g/mol. The minimum atomic E-state index is -0.319. The number of hydrogen-bond acceptors (Lipinski definition) is 5. The third-order valence-electron chi connectivity index (χ3n) is 5.18. The number of carbonyl (C=O) groups is 2. The summed E-state index contributed by atoms with van der Waals surface area (Å²) >= 11 is 0. The van der Waals surface area contributed by atoms with Crippen LogP contribution in [0.15, 0.2) is 48.5 Å². The maximum Gasteiger partial charge on any atom is 0.265 e. The Balaban J connectivity index is 1.94. The van der Waals surface area contributed by atoms with Crippen LogP contribution < -0.4 is 15.0 Å². The van der Waals surface area contributed by atoms with Crippen molar-refractivity contribution in [3.63, 3.8) is 0 Å². The molecule has 0 spiro atoms. The third-order valence-corrected chi connectivity index (χ3v) is 5.18. The highest BCUT2D eigenvalue weighted by Gasteiger charge is 2.35. The molecule has 0 aliphatic carbocycles. The van der Waals surface area contributed by atoms with E-state index in [2.05, 4.69) is 10.2 Å². The van der Waals surface area contributed by atoms with Crippen LogP contribution in [0.25, 0.3) is 10.8 Å². The molecule has 4 rings (SSSR count). The van der Waals surface area contributed by atoms with Crippen LogP contribution in [0.4, 0.5) is 11.4 Å². The molecule has 1 aliphatic heterocycles. The molecule has 1 N–H and O–H groups in total. The molecule has 6 heteroatoms. The van der Waals surface area contributed by atoms with Crippen LogP contribution in [-0.2, 0) is 6.54 Å². The number of imide groups is 1. The summed E-state index contributed by atoms with van der Waals surface area (Å²) in [5.74, 6) is 0.0345. The number of benzene rings is 3. The quantitative estimate of drug-likeness (QED) is 0.674. The van der Waals surface area contributed by atoms with Crippen LogP contribution in [0.2, 0.25) is 0 Å². The van der Waals surface area contributed by atoms with Crippen LogP contribution in [0.1, 0.15) is 26.3 Å². The fraction of sp³-hybridized carbons (Fsp3) is 0.217. The summed E-state index contributed by atoms with van der Waals surface area (Å²) < 4.78 is 5.19. The minimum absolute atomic E-state index is 0.313. The highest BCUT2D eigenvalue weighted by atomic mass is 16.5. The molecule has 0 atom stereocenters. The van der Waals surface area contributed by atoms with Crippen molar-refractivity contribution in [2.75, 3.05) is 38.5 Å². The first-order valence-corrected chi connectivity index (χ1v) is 9.40. The molecule has 0 saturated heterocycles. The van der Waals surface area contributed by atoms with Gasteiger partial charge in [-0.25, -0.2) is 4.90 Å². The zero-order valence-corrected chi connectivity index (χ0v) is 16.9. The average Bonchev–Trinajstić information content (AvgIpc) is 2.72. The maximum absolute atomic E-state index is 13.4. The summed E-state index contributed by atoms with van der Waals surface area (Å²) in [7, 11) is 7.41. The molecule has 3 aromatic rings. The highest BCUT2D eigenvalue weighted by Crippen LogP contribution is 2.38. The Labute approximate surface area is 169 Å². The number of nitrogens with zero attached hydrogens (tertiary/aromatic N) is 2. The number of ether oxygens (including phenoxy) is 1. The van der Waals surface area contributed by atoms with Crippen molar-refractivity contribution in [2.24, 2.45) is 0 Å². The van der Waals surface area contributed by atoms with Crippen molar-refractivity contribution in [1.82, 2.24) is 4.90 Å². The lowest BCUT2D eigenvalue weighted by molar-refractivity contribution is 0.0893. The SMILES string of the molecule is CNc1c(CN(C)C)cc2c3c(cccc13)C(=O)N(c1ccc(OC)cc1)C2=O. The lowest BCUT2D eigenvalue weighted by atomic mass is 9.90. The molecule has 1 aliphatic rings. The lowest BCUT2D eigenvalue weighted by Crippen LogP contribution is -2.40. The van der Waals surface area contributed by atoms with Gasteiger partial charge in [0.1, 0.15) is 5.75 Å². The fourth-order valence-electron chi connectivity index (χ4n) is 3.95. The summed E-state index contributed by atoms with van der Waals surface area (Å²) in [4.78, 5) is 30.0. The van der Waals surface area contributed by atoms with E-state index in [4.69, 9.17) is 4.74 Å². The van der Waals surface area contributed by atoms with Crippen molar-refractivity contribution < 1.29 is 14.3 Å². The molecule has 0 aromatic heterocycles. The summed E-state index contributed by atoms with van der Waals surface area (Å²) in [6.07, 6.45) is 0. The smallest absolute Gasteiger partial charge is 0.265 e. The Hall–Kier alpha value is -3.38.